The fourth-order valence-electron chi connectivity index (χ4n) is 1.62. The summed E-state index contributed by atoms with van der Waals surface area (Å²) < 4.78 is 1.77. The molecule has 0 bridgehead atoms. The SMILES string of the molecule is CCc1nn(C)c(N(C)CCC#N)c1N. The van der Waals surface area contributed by atoms with E-state index in [1.165, 1.54) is 0 Å². The van der Waals surface area contributed by atoms with E-state index in [2.05, 4.69) is 11.2 Å². The van der Waals surface area contributed by atoms with E-state index < -0.39 is 0 Å². The number of rotatable bonds is 4. The first-order valence-corrected chi connectivity index (χ1v) is 5.01. The van der Waals surface area contributed by atoms with E-state index in [1.807, 2.05) is 25.9 Å². The van der Waals surface area contributed by atoms with Crippen LogP contribution in [0.4, 0.5) is 11.5 Å². The van der Waals surface area contributed by atoms with E-state index in [0.717, 1.165) is 23.6 Å². The zero-order chi connectivity index (χ0) is 11.4. The monoisotopic (exact) mass is 207 g/mol. The maximum absolute atomic E-state index is 8.52. The molecule has 1 aromatic rings. The van der Waals surface area contributed by atoms with Crippen LogP contribution >= 0.6 is 0 Å². The van der Waals surface area contributed by atoms with Gasteiger partial charge in [0.1, 0.15) is 5.82 Å². The fourth-order valence-corrected chi connectivity index (χ4v) is 1.62. The molecule has 1 rings (SSSR count). The van der Waals surface area contributed by atoms with Gasteiger partial charge in [-0.15, -0.1) is 0 Å². The number of hydrogen-bond acceptors (Lipinski definition) is 4. The minimum atomic E-state index is 0.489. The Kier molecular flexibility index (Phi) is 3.56. The summed E-state index contributed by atoms with van der Waals surface area (Å²) >= 11 is 0. The van der Waals surface area contributed by atoms with Crippen LogP contribution in [-0.2, 0) is 13.5 Å². The van der Waals surface area contributed by atoms with Crippen molar-refractivity contribution in [2.45, 2.75) is 19.8 Å². The van der Waals surface area contributed by atoms with Crippen molar-refractivity contribution in [3.05, 3.63) is 5.69 Å². The summed E-state index contributed by atoms with van der Waals surface area (Å²) in [5.41, 5.74) is 7.62. The second kappa shape index (κ2) is 4.69. The van der Waals surface area contributed by atoms with Gasteiger partial charge >= 0.3 is 0 Å². The Balaban J connectivity index is 2.93. The number of nitrogen functional groups attached to an aromatic ring is 1. The second-order valence-electron chi connectivity index (χ2n) is 3.49. The number of anilines is 2. The van der Waals surface area contributed by atoms with Gasteiger partial charge in [-0.2, -0.15) is 10.4 Å². The summed E-state index contributed by atoms with van der Waals surface area (Å²) in [7, 11) is 3.79. The summed E-state index contributed by atoms with van der Waals surface area (Å²) in [5, 5.41) is 12.8. The Hall–Kier alpha value is -1.70. The van der Waals surface area contributed by atoms with Gasteiger partial charge in [0.25, 0.3) is 0 Å². The van der Waals surface area contributed by atoms with Gasteiger partial charge in [-0.25, -0.2) is 0 Å². The van der Waals surface area contributed by atoms with Crippen molar-refractivity contribution in [2.24, 2.45) is 7.05 Å². The summed E-state index contributed by atoms with van der Waals surface area (Å²) in [4.78, 5) is 1.96. The molecule has 1 heterocycles. The Morgan fingerprint density at radius 3 is 2.73 bits per heavy atom. The summed E-state index contributed by atoms with van der Waals surface area (Å²) in [6, 6.07) is 2.12. The lowest BCUT2D eigenvalue weighted by Crippen LogP contribution is -2.21. The number of aromatic nitrogens is 2. The van der Waals surface area contributed by atoms with Crippen molar-refractivity contribution in [2.75, 3.05) is 24.2 Å². The fraction of sp³-hybridized carbons (Fsp3) is 0.600. The zero-order valence-electron chi connectivity index (χ0n) is 9.49. The Labute approximate surface area is 90.1 Å². The predicted octanol–water partition coefficient (Wildman–Crippen LogP) is 0.915. The van der Waals surface area contributed by atoms with Crippen LogP contribution in [0.1, 0.15) is 19.0 Å². The molecule has 0 aliphatic rings. The minimum absolute atomic E-state index is 0.489. The van der Waals surface area contributed by atoms with Crippen LogP contribution in [0.3, 0.4) is 0 Å². The maximum Gasteiger partial charge on any atom is 0.150 e. The molecule has 0 saturated carbocycles. The normalized spacial score (nSPS) is 10.0. The van der Waals surface area contributed by atoms with Crippen molar-refractivity contribution in [1.82, 2.24) is 9.78 Å². The lowest BCUT2D eigenvalue weighted by atomic mass is 10.3. The van der Waals surface area contributed by atoms with E-state index in [1.54, 1.807) is 4.68 Å². The highest BCUT2D eigenvalue weighted by molar-refractivity contribution is 5.66. The molecule has 0 spiro atoms. The molecule has 0 aromatic carbocycles. The standard InChI is InChI=1S/C10H17N5/c1-4-8-9(12)10(15(3)13-8)14(2)7-5-6-11/h4-5,7,12H2,1-3H3. The Morgan fingerprint density at radius 2 is 2.27 bits per heavy atom. The molecule has 5 nitrogen and oxygen atoms in total. The van der Waals surface area contributed by atoms with E-state index in [9.17, 15) is 0 Å². The number of aryl methyl sites for hydroxylation is 2. The minimum Gasteiger partial charge on any atom is -0.394 e. The Morgan fingerprint density at radius 1 is 1.60 bits per heavy atom. The third-order valence-corrected chi connectivity index (χ3v) is 2.38. The number of hydrogen-bond donors (Lipinski definition) is 1. The quantitative estimate of drug-likeness (QED) is 0.796. The molecule has 82 valence electrons. The van der Waals surface area contributed by atoms with Crippen LogP contribution in [-0.4, -0.2) is 23.4 Å². The van der Waals surface area contributed by atoms with Crippen molar-refractivity contribution in [1.29, 1.82) is 5.26 Å². The first-order chi connectivity index (χ1) is 7.11. The summed E-state index contributed by atoms with van der Waals surface area (Å²) in [6.45, 7) is 2.70. The lowest BCUT2D eigenvalue weighted by molar-refractivity contribution is 0.721. The Bertz CT molecular complexity index is 374. The van der Waals surface area contributed by atoms with Gasteiger partial charge in [-0.3, -0.25) is 4.68 Å². The third kappa shape index (κ3) is 2.21. The average molecular weight is 207 g/mol. The molecule has 0 aliphatic heterocycles. The van der Waals surface area contributed by atoms with Gasteiger partial charge in [0.05, 0.1) is 23.9 Å². The molecule has 0 unspecified atom stereocenters. The predicted molar refractivity (Wildman–Crippen MR) is 60.5 cm³/mol. The van der Waals surface area contributed by atoms with Crippen molar-refractivity contribution in [3.8, 4) is 6.07 Å². The molecule has 5 heteroatoms. The van der Waals surface area contributed by atoms with Gasteiger partial charge in [0.2, 0.25) is 0 Å². The average Bonchev–Trinajstić information content (AvgIpc) is 2.50. The van der Waals surface area contributed by atoms with E-state index in [0.29, 0.717) is 13.0 Å². The van der Waals surface area contributed by atoms with Crippen LogP contribution in [0.5, 0.6) is 0 Å². The number of nitrogens with two attached hydrogens (primary N) is 1. The van der Waals surface area contributed by atoms with E-state index in [-0.39, 0.29) is 0 Å². The van der Waals surface area contributed by atoms with Gasteiger partial charge in [0.15, 0.2) is 0 Å². The molecule has 0 amide bonds. The van der Waals surface area contributed by atoms with Crippen molar-refractivity contribution in [3.63, 3.8) is 0 Å². The van der Waals surface area contributed by atoms with Crippen LogP contribution in [0.2, 0.25) is 0 Å². The highest BCUT2D eigenvalue weighted by Gasteiger charge is 2.14. The van der Waals surface area contributed by atoms with Crippen LogP contribution in [0.15, 0.2) is 0 Å². The molecule has 0 saturated heterocycles. The largest absolute Gasteiger partial charge is 0.394 e. The lowest BCUT2D eigenvalue weighted by Gasteiger charge is -2.18. The smallest absolute Gasteiger partial charge is 0.150 e. The van der Waals surface area contributed by atoms with Gasteiger partial charge in [0, 0.05) is 20.6 Å². The van der Waals surface area contributed by atoms with E-state index >= 15 is 0 Å². The zero-order valence-corrected chi connectivity index (χ0v) is 9.49. The number of nitrogens with zero attached hydrogens (tertiary/aromatic N) is 4. The van der Waals surface area contributed by atoms with Crippen molar-refractivity contribution < 1.29 is 0 Å². The highest BCUT2D eigenvalue weighted by Crippen LogP contribution is 2.25. The van der Waals surface area contributed by atoms with Crippen molar-refractivity contribution >= 4 is 11.5 Å². The maximum atomic E-state index is 8.52. The first-order valence-electron chi connectivity index (χ1n) is 5.01. The number of nitriles is 1. The highest BCUT2D eigenvalue weighted by atomic mass is 15.4. The van der Waals surface area contributed by atoms with E-state index in [4.69, 9.17) is 11.0 Å². The molecule has 15 heavy (non-hydrogen) atoms. The van der Waals surface area contributed by atoms with Crippen LogP contribution in [0, 0.1) is 11.3 Å². The first kappa shape index (κ1) is 11.4. The molecule has 0 radical (unpaired) electrons. The molecule has 0 atom stereocenters. The topological polar surface area (TPSA) is 70.9 Å². The molecular formula is C10H17N5. The van der Waals surface area contributed by atoms with Gasteiger partial charge in [-0.05, 0) is 6.42 Å². The summed E-state index contributed by atoms with van der Waals surface area (Å²) in [6.07, 6.45) is 1.31. The van der Waals surface area contributed by atoms with Gasteiger partial charge in [-0.1, -0.05) is 6.92 Å². The second-order valence-corrected chi connectivity index (χ2v) is 3.49. The molecule has 1 aromatic heterocycles. The van der Waals surface area contributed by atoms with Gasteiger partial charge < -0.3 is 10.6 Å². The molecule has 0 fully saturated rings. The molecular weight excluding hydrogens is 190 g/mol. The molecule has 2 N–H and O–H groups in total. The van der Waals surface area contributed by atoms with Crippen LogP contribution < -0.4 is 10.6 Å². The summed E-state index contributed by atoms with van der Waals surface area (Å²) in [5.74, 6) is 0.891. The third-order valence-electron chi connectivity index (χ3n) is 2.38. The molecule has 0 aliphatic carbocycles. The van der Waals surface area contributed by atoms with Crippen LogP contribution in [0.25, 0.3) is 0 Å².